The average molecular weight is 228 g/mol. The quantitative estimate of drug-likeness (QED) is 0.739. The number of hydrogen-bond acceptors (Lipinski definition) is 4. The van der Waals surface area contributed by atoms with Gasteiger partial charge < -0.3 is 14.7 Å². The highest BCUT2D eigenvalue weighted by molar-refractivity contribution is 4.82. The second kappa shape index (κ2) is 5.45. The van der Waals surface area contributed by atoms with Crippen LogP contribution in [-0.4, -0.2) is 73.5 Å². The van der Waals surface area contributed by atoms with Gasteiger partial charge in [-0.1, -0.05) is 0 Å². The molecule has 16 heavy (non-hydrogen) atoms. The third kappa shape index (κ3) is 2.94. The van der Waals surface area contributed by atoms with Gasteiger partial charge in [-0.2, -0.15) is 0 Å². The van der Waals surface area contributed by atoms with Gasteiger partial charge in [-0.15, -0.1) is 0 Å². The van der Waals surface area contributed by atoms with Gasteiger partial charge in [-0.25, -0.2) is 0 Å². The highest BCUT2D eigenvalue weighted by Gasteiger charge is 2.29. The molecule has 0 bridgehead atoms. The Morgan fingerprint density at radius 3 is 2.88 bits per heavy atom. The number of hydrogen-bond donors (Lipinski definition) is 1. The van der Waals surface area contributed by atoms with E-state index in [0.717, 1.165) is 45.8 Å². The fourth-order valence-corrected chi connectivity index (χ4v) is 2.69. The molecule has 3 unspecified atom stereocenters. The zero-order valence-electron chi connectivity index (χ0n) is 10.4. The summed E-state index contributed by atoms with van der Waals surface area (Å²) in [5.74, 6) is 0.354. The molecule has 0 spiro atoms. The normalized spacial score (nSPS) is 35.4. The fraction of sp³-hybridized carbons (Fsp3) is 1.00. The number of rotatable bonds is 3. The average Bonchev–Trinajstić information content (AvgIpc) is 2.75. The molecule has 4 heteroatoms. The molecule has 2 rings (SSSR count). The van der Waals surface area contributed by atoms with Crippen molar-refractivity contribution in [2.45, 2.75) is 25.5 Å². The third-order valence-corrected chi connectivity index (χ3v) is 3.90. The van der Waals surface area contributed by atoms with Gasteiger partial charge in [-0.05, 0) is 20.4 Å². The van der Waals surface area contributed by atoms with E-state index in [1.807, 2.05) is 0 Å². The van der Waals surface area contributed by atoms with Crippen LogP contribution in [-0.2, 0) is 4.74 Å². The Bertz CT molecular complexity index is 219. The van der Waals surface area contributed by atoms with Crippen molar-refractivity contribution in [2.75, 3.05) is 46.4 Å². The molecular formula is C12H24N2O2. The lowest BCUT2D eigenvalue weighted by Gasteiger charge is -2.39. The molecule has 94 valence electrons. The predicted molar refractivity (Wildman–Crippen MR) is 63.5 cm³/mol. The maximum atomic E-state index is 10.1. The first-order chi connectivity index (χ1) is 7.66. The van der Waals surface area contributed by atoms with Gasteiger partial charge >= 0.3 is 0 Å². The van der Waals surface area contributed by atoms with Crippen LogP contribution >= 0.6 is 0 Å². The van der Waals surface area contributed by atoms with Gasteiger partial charge in [-0.3, -0.25) is 4.90 Å². The molecule has 0 saturated carbocycles. The highest BCUT2D eigenvalue weighted by atomic mass is 16.5. The molecule has 2 saturated heterocycles. The van der Waals surface area contributed by atoms with E-state index in [2.05, 4.69) is 23.8 Å². The van der Waals surface area contributed by atoms with Gasteiger partial charge in [0.05, 0.1) is 12.7 Å². The lowest BCUT2D eigenvalue weighted by atomic mass is 10.0. The SMILES string of the molecule is CC1CN(C)CCN1CC(O)C1CCOC1. The number of aliphatic hydroxyl groups excluding tert-OH is 1. The van der Waals surface area contributed by atoms with Crippen LogP contribution in [0.1, 0.15) is 13.3 Å². The predicted octanol–water partition coefficient (Wildman–Crippen LogP) is 0.0197. The minimum absolute atomic E-state index is 0.214. The summed E-state index contributed by atoms with van der Waals surface area (Å²) >= 11 is 0. The minimum Gasteiger partial charge on any atom is -0.391 e. The summed E-state index contributed by atoms with van der Waals surface area (Å²) in [6, 6.07) is 0.552. The monoisotopic (exact) mass is 228 g/mol. The Labute approximate surface area is 98.2 Å². The maximum absolute atomic E-state index is 10.1. The second-order valence-corrected chi connectivity index (χ2v) is 5.30. The largest absolute Gasteiger partial charge is 0.391 e. The van der Waals surface area contributed by atoms with Crippen LogP contribution < -0.4 is 0 Å². The van der Waals surface area contributed by atoms with Crippen LogP contribution in [0, 0.1) is 5.92 Å². The molecule has 0 aromatic rings. The Morgan fingerprint density at radius 1 is 1.44 bits per heavy atom. The zero-order valence-corrected chi connectivity index (χ0v) is 10.4. The summed E-state index contributed by atoms with van der Waals surface area (Å²) in [6.45, 7) is 7.90. The summed E-state index contributed by atoms with van der Waals surface area (Å²) in [5.41, 5.74) is 0. The van der Waals surface area contributed by atoms with Crippen molar-refractivity contribution in [1.82, 2.24) is 9.80 Å². The molecule has 0 amide bonds. The van der Waals surface area contributed by atoms with Crippen LogP contribution in [0.5, 0.6) is 0 Å². The Hall–Kier alpha value is -0.160. The number of aliphatic hydroxyl groups is 1. The van der Waals surface area contributed by atoms with Crippen LogP contribution in [0.25, 0.3) is 0 Å². The summed E-state index contributed by atoms with van der Waals surface area (Å²) < 4.78 is 5.32. The number of nitrogens with zero attached hydrogens (tertiary/aromatic N) is 2. The Balaban J connectivity index is 1.79. The molecule has 3 atom stereocenters. The number of piperazine rings is 1. The second-order valence-electron chi connectivity index (χ2n) is 5.30. The van der Waals surface area contributed by atoms with E-state index in [4.69, 9.17) is 4.74 Å². The van der Waals surface area contributed by atoms with Gasteiger partial charge in [0, 0.05) is 44.7 Å². The number of ether oxygens (including phenoxy) is 1. The van der Waals surface area contributed by atoms with Crippen molar-refractivity contribution < 1.29 is 9.84 Å². The molecule has 2 fully saturated rings. The molecule has 0 aromatic carbocycles. The van der Waals surface area contributed by atoms with E-state index < -0.39 is 0 Å². The number of likely N-dealkylation sites (N-methyl/N-ethyl adjacent to an activating group) is 1. The number of β-amino-alcohol motifs (C(OH)–C–C–N with tert-alkyl or cyclic N) is 1. The van der Waals surface area contributed by atoms with E-state index in [0.29, 0.717) is 12.0 Å². The first kappa shape index (κ1) is 12.3. The summed E-state index contributed by atoms with van der Waals surface area (Å²) in [7, 11) is 2.16. The third-order valence-electron chi connectivity index (χ3n) is 3.90. The smallest absolute Gasteiger partial charge is 0.0718 e. The summed E-state index contributed by atoms with van der Waals surface area (Å²) in [6.07, 6.45) is 0.803. The van der Waals surface area contributed by atoms with Crippen molar-refractivity contribution in [3.8, 4) is 0 Å². The van der Waals surface area contributed by atoms with Crippen molar-refractivity contribution in [3.05, 3.63) is 0 Å². The van der Waals surface area contributed by atoms with Crippen molar-refractivity contribution in [3.63, 3.8) is 0 Å². The fourth-order valence-electron chi connectivity index (χ4n) is 2.69. The van der Waals surface area contributed by atoms with Gasteiger partial charge in [0.1, 0.15) is 0 Å². The molecule has 2 aliphatic heterocycles. The summed E-state index contributed by atoms with van der Waals surface area (Å²) in [5, 5.41) is 10.1. The van der Waals surface area contributed by atoms with Crippen LogP contribution in [0.15, 0.2) is 0 Å². The minimum atomic E-state index is -0.214. The Kier molecular flexibility index (Phi) is 4.19. The lowest BCUT2D eigenvalue weighted by Crippen LogP contribution is -2.53. The van der Waals surface area contributed by atoms with E-state index in [1.165, 1.54) is 0 Å². The molecule has 1 N–H and O–H groups in total. The zero-order chi connectivity index (χ0) is 11.5. The highest BCUT2D eigenvalue weighted by Crippen LogP contribution is 2.19. The standard InChI is InChI=1S/C12H24N2O2/c1-10-7-13(2)4-5-14(10)8-12(15)11-3-6-16-9-11/h10-12,15H,3-9H2,1-2H3. The van der Waals surface area contributed by atoms with E-state index in [-0.39, 0.29) is 6.10 Å². The van der Waals surface area contributed by atoms with E-state index in [9.17, 15) is 5.11 Å². The van der Waals surface area contributed by atoms with Crippen molar-refractivity contribution in [2.24, 2.45) is 5.92 Å². The maximum Gasteiger partial charge on any atom is 0.0718 e. The van der Waals surface area contributed by atoms with Gasteiger partial charge in [0.15, 0.2) is 0 Å². The molecule has 0 aromatic heterocycles. The van der Waals surface area contributed by atoms with Crippen LogP contribution in [0.3, 0.4) is 0 Å². The Morgan fingerprint density at radius 2 is 2.25 bits per heavy atom. The van der Waals surface area contributed by atoms with Gasteiger partial charge in [0.25, 0.3) is 0 Å². The molecule has 0 radical (unpaired) electrons. The topological polar surface area (TPSA) is 35.9 Å². The first-order valence-electron chi connectivity index (χ1n) is 6.35. The van der Waals surface area contributed by atoms with Crippen LogP contribution in [0.4, 0.5) is 0 Å². The molecule has 2 heterocycles. The van der Waals surface area contributed by atoms with E-state index in [1.54, 1.807) is 0 Å². The lowest BCUT2D eigenvalue weighted by molar-refractivity contribution is 0.0190. The molecule has 4 nitrogen and oxygen atoms in total. The van der Waals surface area contributed by atoms with Crippen molar-refractivity contribution in [1.29, 1.82) is 0 Å². The van der Waals surface area contributed by atoms with E-state index >= 15 is 0 Å². The van der Waals surface area contributed by atoms with Gasteiger partial charge in [0.2, 0.25) is 0 Å². The molecule has 0 aliphatic carbocycles. The first-order valence-corrected chi connectivity index (χ1v) is 6.35. The van der Waals surface area contributed by atoms with Crippen LogP contribution in [0.2, 0.25) is 0 Å². The molecular weight excluding hydrogens is 204 g/mol. The molecule has 2 aliphatic rings. The van der Waals surface area contributed by atoms with Crippen molar-refractivity contribution >= 4 is 0 Å². The summed E-state index contributed by atoms with van der Waals surface area (Å²) in [4.78, 5) is 4.76.